The molecule has 0 aromatic carbocycles. The van der Waals surface area contributed by atoms with E-state index >= 15 is 0 Å². The molecule has 1 amide bonds. The monoisotopic (exact) mass is 319 g/mol. The fourth-order valence-electron chi connectivity index (χ4n) is 3.16. The molecule has 8 heteroatoms. The third-order valence-electron chi connectivity index (χ3n) is 4.41. The van der Waals surface area contributed by atoms with Crippen LogP contribution in [-0.2, 0) is 19.6 Å². The summed E-state index contributed by atoms with van der Waals surface area (Å²) < 4.78 is 27.8. The van der Waals surface area contributed by atoms with Gasteiger partial charge in [-0.3, -0.25) is 4.79 Å². The summed E-state index contributed by atoms with van der Waals surface area (Å²) in [5.74, 6) is -0.0770. The fourth-order valence-corrected chi connectivity index (χ4v) is 3.90. The molecule has 7 nitrogen and oxygen atoms in total. The number of methoxy groups -OCH3 is 1. The van der Waals surface area contributed by atoms with Crippen LogP contribution >= 0.6 is 0 Å². The number of carbonyl (C=O) groups excluding carboxylic acids is 1. The molecular weight excluding hydrogens is 294 g/mol. The summed E-state index contributed by atoms with van der Waals surface area (Å²) in [6.45, 7) is 3.91. The Morgan fingerprint density at radius 1 is 1.33 bits per heavy atom. The Bertz CT molecular complexity index is 460. The standard InChI is InChI=1S/C13H25N3O4S/c1-20-8-2-5-15-6-3-11(4-7-15)16-10-12(9-13(16)17)21(14,18)19/h11-12H,2-10H2,1H3,(H2,14,18,19). The molecule has 0 bridgehead atoms. The molecule has 0 aromatic rings. The Labute approximate surface area is 126 Å². The van der Waals surface area contributed by atoms with Crippen molar-refractivity contribution < 1.29 is 17.9 Å². The first-order valence-corrected chi connectivity index (χ1v) is 9.05. The maximum absolute atomic E-state index is 12.0. The molecule has 2 aliphatic rings. The van der Waals surface area contributed by atoms with Gasteiger partial charge in [-0.2, -0.15) is 0 Å². The van der Waals surface area contributed by atoms with Crippen molar-refractivity contribution in [3.63, 3.8) is 0 Å². The number of piperidine rings is 1. The molecular formula is C13H25N3O4S. The Hall–Kier alpha value is -0.700. The molecule has 21 heavy (non-hydrogen) atoms. The van der Waals surface area contributed by atoms with Crippen LogP contribution in [-0.4, -0.2) is 75.3 Å². The molecule has 122 valence electrons. The number of sulfonamides is 1. The molecule has 0 saturated carbocycles. The van der Waals surface area contributed by atoms with E-state index in [0.29, 0.717) is 0 Å². The van der Waals surface area contributed by atoms with Crippen LogP contribution in [0.2, 0.25) is 0 Å². The van der Waals surface area contributed by atoms with E-state index in [1.54, 1.807) is 12.0 Å². The Morgan fingerprint density at radius 3 is 2.52 bits per heavy atom. The van der Waals surface area contributed by atoms with E-state index in [-0.39, 0.29) is 24.9 Å². The minimum atomic E-state index is -3.62. The van der Waals surface area contributed by atoms with Gasteiger partial charge in [0.05, 0.1) is 0 Å². The lowest BCUT2D eigenvalue weighted by Gasteiger charge is -2.36. The van der Waals surface area contributed by atoms with Gasteiger partial charge in [0, 0.05) is 52.4 Å². The van der Waals surface area contributed by atoms with Crippen molar-refractivity contribution >= 4 is 15.9 Å². The van der Waals surface area contributed by atoms with Gasteiger partial charge in [-0.1, -0.05) is 0 Å². The zero-order chi connectivity index (χ0) is 15.5. The second kappa shape index (κ2) is 7.04. The van der Waals surface area contributed by atoms with Gasteiger partial charge in [-0.15, -0.1) is 0 Å². The van der Waals surface area contributed by atoms with Crippen molar-refractivity contribution in [1.29, 1.82) is 0 Å². The molecule has 1 atom stereocenters. The zero-order valence-electron chi connectivity index (χ0n) is 12.5. The largest absolute Gasteiger partial charge is 0.385 e. The lowest BCUT2D eigenvalue weighted by molar-refractivity contribution is -0.130. The summed E-state index contributed by atoms with van der Waals surface area (Å²) in [6.07, 6.45) is 2.84. The van der Waals surface area contributed by atoms with Crippen LogP contribution in [0.4, 0.5) is 0 Å². The molecule has 2 saturated heterocycles. The summed E-state index contributed by atoms with van der Waals surface area (Å²) >= 11 is 0. The first kappa shape index (κ1) is 16.7. The summed E-state index contributed by atoms with van der Waals surface area (Å²) in [5.41, 5.74) is 0. The summed E-state index contributed by atoms with van der Waals surface area (Å²) in [4.78, 5) is 16.1. The van der Waals surface area contributed by atoms with E-state index in [9.17, 15) is 13.2 Å². The Balaban J connectivity index is 1.81. The van der Waals surface area contributed by atoms with Crippen LogP contribution in [0.3, 0.4) is 0 Å². The minimum absolute atomic E-state index is 0.0346. The van der Waals surface area contributed by atoms with Gasteiger partial charge in [0.25, 0.3) is 0 Å². The number of ether oxygens (including phenoxy) is 1. The number of carbonyl (C=O) groups is 1. The number of primary sulfonamides is 1. The van der Waals surface area contributed by atoms with E-state index in [1.165, 1.54) is 0 Å². The van der Waals surface area contributed by atoms with Gasteiger partial charge in [0.1, 0.15) is 5.25 Å². The first-order valence-electron chi connectivity index (χ1n) is 7.44. The van der Waals surface area contributed by atoms with E-state index in [4.69, 9.17) is 9.88 Å². The second-order valence-corrected chi connectivity index (χ2v) is 7.73. The lowest BCUT2D eigenvalue weighted by Crippen LogP contribution is -2.46. The predicted molar refractivity (Wildman–Crippen MR) is 79.2 cm³/mol. The SMILES string of the molecule is COCCCN1CCC(N2CC(S(N)(=O)=O)CC2=O)CC1. The molecule has 0 radical (unpaired) electrons. The molecule has 0 aliphatic carbocycles. The van der Waals surface area contributed by atoms with Gasteiger partial charge in [-0.25, -0.2) is 13.6 Å². The number of nitrogens with zero attached hydrogens (tertiary/aromatic N) is 2. The van der Waals surface area contributed by atoms with Crippen molar-refractivity contribution in [3.05, 3.63) is 0 Å². The van der Waals surface area contributed by atoms with Crippen molar-refractivity contribution in [3.8, 4) is 0 Å². The molecule has 0 aromatic heterocycles. The fraction of sp³-hybridized carbons (Fsp3) is 0.923. The normalized spacial score (nSPS) is 25.7. The van der Waals surface area contributed by atoms with Crippen LogP contribution in [0, 0.1) is 0 Å². The third kappa shape index (κ3) is 4.38. The number of likely N-dealkylation sites (tertiary alicyclic amines) is 2. The number of nitrogens with two attached hydrogens (primary N) is 1. The van der Waals surface area contributed by atoms with Gasteiger partial charge >= 0.3 is 0 Å². The van der Waals surface area contributed by atoms with Crippen molar-refractivity contribution in [2.75, 3.05) is 39.9 Å². The second-order valence-electron chi connectivity index (χ2n) is 5.88. The van der Waals surface area contributed by atoms with E-state index in [1.807, 2.05) is 0 Å². The smallest absolute Gasteiger partial charge is 0.224 e. The highest BCUT2D eigenvalue weighted by molar-refractivity contribution is 7.89. The number of rotatable bonds is 6. The molecule has 2 rings (SSSR count). The molecule has 2 N–H and O–H groups in total. The maximum Gasteiger partial charge on any atom is 0.224 e. The molecule has 1 unspecified atom stereocenters. The third-order valence-corrected chi connectivity index (χ3v) is 5.65. The highest BCUT2D eigenvalue weighted by Gasteiger charge is 2.40. The first-order chi connectivity index (χ1) is 9.91. The zero-order valence-corrected chi connectivity index (χ0v) is 13.3. The van der Waals surface area contributed by atoms with Crippen molar-refractivity contribution in [2.24, 2.45) is 5.14 Å². The van der Waals surface area contributed by atoms with Crippen LogP contribution in [0.5, 0.6) is 0 Å². The van der Waals surface area contributed by atoms with E-state index in [0.717, 1.165) is 45.5 Å². The van der Waals surface area contributed by atoms with Crippen molar-refractivity contribution in [2.45, 2.75) is 37.0 Å². The molecule has 2 fully saturated rings. The van der Waals surface area contributed by atoms with Crippen LogP contribution in [0.1, 0.15) is 25.7 Å². The number of hydrogen-bond acceptors (Lipinski definition) is 5. The predicted octanol–water partition coefficient (Wildman–Crippen LogP) is -0.623. The van der Waals surface area contributed by atoms with Gasteiger partial charge < -0.3 is 14.5 Å². The average molecular weight is 319 g/mol. The van der Waals surface area contributed by atoms with Gasteiger partial charge in [-0.05, 0) is 19.3 Å². The van der Waals surface area contributed by atoms with Crippen LogP contribution in [0.15, 0.2) is 0 Å². The van der Waals surface area contributed by atoms with Crippen LogP contribution < -0.4 is 5.14 Å². The van der Waals surface area contributed by atoms with E-state index in [2.05, 4.69) is 4.90 Å². The van der Waals surface area contributed by atoms with E-state index < -0.39 is 15.3 Å². The molecule has 2 heterocycles. The summed E-state index contributed by atoms with van der Waals surface area (Å²) in [6, 6.07) is 0.155. The lowest BCUT2D eigenvalue weighted by atomic mass is 10.0. The number of amides is 1. The Kier molecular flexibility index (Phi) is 5.59. The molecule has 2 aliphatic heterocycles. The van der Waals surface area contributed by atoms with Gasteiger partial charge in [0.2, 0.25) is 15.9 Å². The topological polar surface area (TPSA) is 92.9 Å². The molecule has 0 spiro atoms. The number of hydrogen-bond donors (Lipinski definition) is 1. The van der Waals surface area contributed by atoms with Crippen molar-refractivity contribution in [1.82, 2.24) is 9.80 Å². The highest BCUT2D eigenvalue weighted by Crippen LogP contribution is 2.24. The minimum Gasteiger partial charge on any atom is -0.385 e. The Morgan fingerprint density at radius 2 is 2.00 bits per heavy atom. The highest BCUT2D eigenvalue weighted by atomic mass is 32.2. The maximum atomic E-state index is 12.0. The average Bonchev–Trinajstić information content (AvgIpc) is 2.82. The quantitative estimate of drug-likeness (QED) is 0.659. The summed E-state index contributed by atoms with van der Waals surface area (Å²) in [5, 5.41) is 4.43. The van der Waals surface area contributed by atoms with Crippen LogP contribution in [0.25, 0.3) is 0 Å². The summed E-state index contributed by atoms with van der Waals surface area (Å²) in [7, 11) is -1.92. The van der Waals surface area contributed by atoms with Gasteiger partial charge in [0.15, 0.2) is 0 Å².